The van der Waals surface area contributed by atoms with Crippen LogP contribution in [0.2, 0.25) is 0 Å². The molecule has 2 heterocycles. The third-order valence-electron chi connectivity index (χ3n) is 5.89. The summed E-state index contributed by atoms with van der Waals surface area (Å²) in [6.07, 6.45) is 7.21. The van der Waals surface area contributed by atoms with Crippen molar-refractivity contribution in [2.75, 3.05) is 23.6 Å². The zero-order chi connectivity index (χ0) is 17.4. The Labute approximate surface area is 149 Å². The maximum absolute atomic E-state index is 12.3. The van der Waals surface area contributed by atoms with Crippen LogP contribution in [0.4, 0.5) is 11.4 Å². The zero-order valence-corrected chi connectivity index (χ0v) is 15.2. The van der Waals surface area contributed by atoms with Gasteiger partial charge < -0.3 is 15.7 Å². The zero-order valence-electron chi connectivity index (χ0n) is 15.2. The maximum atomic E-state index is 12.3. The van der Waals surface area contributed by atoms with Gasteiger partial charge in [-0.25, -0.2) is 0 Å². The minimum Gasteiger partial charge on any atom is -0.739 e. The van der Waals surface area contributed by atoms with Crippen LogP contribution in [0.1, 0.15) is 50.7 Å². The minimum absolute atomic E-state index is 0.553. The number of aryl methyl sites for hydroxylation is 2. The molecule has 1 aliphatic carbocycles. The molecule has 0 saturated carbocycles. The lowest BCUT2D eigenvalue weighted by Gasteiger charge is -2.39. The average molecular weight is 342 g/mol. The molecule has 1 aromatic carbocycles. The first kappa shape index (κ1) is 16.7. The number of piperidine rings is 1. The van der Waals surface area contributed by atoms with Crippen LogP contribution < -0.4 is 15.9 Å². The van der Waals surface area contributed by atoms with Crippen LogP contribution in [0.15, 0.2) is 17.1 Å². The van der Waals surface area contributed by atoms with E-state index in [1.165, 1.54) is 36.8 Å². The number of likely N-dealkylation sites (tertiary alicyclic amines) is 1. The molecule has 6 heteroatoms. The number of hydrogen-bond acceptors (Lipinski definition) is 4. The van der Waals surface area contributed by atoms with Crippen LogP contribution in [0.25, 0.3) is 0 Å². The smallest absolute Gasteiger partial charge is 0.214 e. The fourth-order valence-corrected chi connectivity index (χ4v) is 4.46. The summed E-state index contributed by atoms with van der Waals surface area (Å²) in [4.78, 5) is 7.13. The number of nitrogens with one attached hydrogen (secondary N) is 2. The lowest BCUT2D eigenvalue weighted by molar-refractivity contribution is 0.108. The van der Waals surface area contributed by atoms with Crippen molar-refractivity contribution in [1.29, 1.82) is 0 Å². The van der Waals surface area contributed by atoms with Crippen molar-refractivity contribution in [3.63, 3.8) is 0 Å². The van der Waals surface area contributed by atoms with Gasteiger partial charge in [0, 0.05) is 18.6 Å². The largest absolute Gasteiger partial charge is 0.739 e. The number of guanidine groups is 1. The van der Waals surface area contributed by atoms with E-state index in [2.05, 4.69) is 40.5 Å². The molecule has 0 amide bonds. The van der Waals surface area contributed by atoms with Gasteiger partial charge in [0.05, 0.1) is 17.9 Å². The number of fused-ring (bicyclic) bond motifs is 2. The molecule has 1 fully saturated rings. The molecule has 0 radical (unpaired) electrons. The van der Waals surface area contributed by atoms with Gasteiger partial charge in [0.2, 0.25) is 5.96 Å². The first-order chi connectivity index (χ1) is 12.1. The highest BCUT2D eigenvalue weighted by Gasteiger charge is 2.24. The number of hydrogen-bond donors (Lipinski definition) is 2. The summed E-state index contributed by atoms with van der Waals surface area (Å²) >= 11 is 0. The molecule has 4 rings (SSSR count). The number of nitrogens with zero attached hydrogens (tertiary/aromatic N) is 3. The molecule has 0 aromatic heterocycles. The van der Waals surface area contributed by atoms with Gasteiger partial charge >= 0.3 is 0 Å². The Morgan fingerprint density at radius 2 is 1.84 bits per heavy atom. The summed E-state index contributed by atoms with van der Waals surface area (Å²) in [5, 5.41) is 16.5. The van der Waals surface area contributed by atoms with Crippen LogP contribution in [-0.2, 0) is 12.8 Å². The molecule has 1 aromatic rings. The number of rotatable bonds is 3. The van der Waals surface area contributed by atoms with Gasteiger partial charge in [-0.15, -0.1) is 0 Å². The SMILES string of the molecule is CC1CCCC(C)N1CCN=C1Nc2cc3c(cc2N([O-])N1)CCC3. The normalized spacial score (nSPS) is 27.6. The Morgan fingerprint density at radius 1 is 1.12 bits per heavy atom. The number of anilines is 2. The van der Waals surface area contributed by atoms with Crippen LogP contribution in [-0.4, -0.2) is 36.0 Å². The van der Waals surface area contributed by atoms with Crippen molar-refractivity contribution in [2.45, 2.75) is 64.5 Å². The van der Waals surface area contributed by atoms with E-state index in [0.29, 0.717) is 30.3 Å². The summed E-state index contributed by atoms with van der Waals surface area (Å²) in [6, 6.07) is 5.37. The van der Waals surface area contributed by atoms with Gasteiger partial charge in [-0.1, -0.05) is 6.42 Å². The van der Waals surface area contributed by atoms with Gasteiger partial charge in [-0.2, -0.15) is 0 Å². The summed E-state index contributed by atoms with van der Waals surface area (Å²) in [5.41, 5.74) is 7.02. The van der Waals surface area contributed by atoms with E-state index in [1.807, 2.05) is 6.07 Å². The molecule has 1 saturated heterocycles. The first-order valence-electron chi connectivity index (χ1n) is 9.59. The number of aliphatic imine (C=N–C) groups is 1. The van der Waals surface area contributed by atoms with E-state index in [0.717, 1.165) is 30.2 Å². The van der Waals surface area contributed by atoms with Crippen molar-refractivity contribution in [2.24, 2.45) is 4.99 Å². The third-order valence-corrected chi connectivity index (χ3v) is 5.89. The molecular weight excluding hydrogens is 314 g/mol. The lowest BCUT2D eigenvalue weighted by Crippen LogP contribution is -2.47. The molecule has 0 bridgehead atoms. The van der Waals surface area contributed by atoms with Gasteiger partial charge in [0.1, 0.15) is 0 Å². The van der Waals surface area contributed by atoms with Crippen molar-refractivity contribution < 1.29 is 0 Å². The van der Waals surface area contributed by atoms with Gasteiger partial charge in [0.25, 0.3) is 0 Å². The van der Waals surface area contributed by atoms with Crippen LogP contribution in [0, 0.1) is 5.21 Å². The Kier molecular flexibility index (Phi) is 4.56. The van der Waals surface area contributed by atoms with Crippen molar-refractivity contribution in [3.05, 3.63) is 28.5 Å². The molecule has 2 unspecified atom stereocenters. The quantitative estimate of drug-likeness (QED) is 0.884. The summed E-state index contributed by atoms with van der Waals surface area (Å²) in [5.74, 6) is 0.553. The highest BCUT2D eigenvalue weighted by molar-refractivity contribution is 6.01. The topological polar surface area (TPSA) is 66.0 Å². The predicted molar refractivity (Wildman–Crippen MR) is 103 cm³/mol. The Balaban J connectivity index is 1.43. The fraction of sp³-hybridized carbons (Fsp3) is 0.632. The lowest BCUT2D eigenvalue weighted by atomic mass is 9.98. The molecule has 2 N–H and O–H groups in total. The van der Waals surface area contributed by atoms with Crippen molar-refractivity contribution in [1.82, 2.24) is 10.3 Å². The molecule has 25 heavy (non-hydrogen) atoms. The van der Waals surface area contributed by atoms with Gasteiger partial charge in [-0.3, -0.25) is 15.3 Å². The molecule has 0 spiro atoms. The second-order valence-electron chi connectivity index (χ2n) is 7.62. The van der Waals surface area contributed by atoms with E-state index in [9.17, 15) is 5.21 Å². The molecule has 2 atom stereocenters. The number of hydrazine groups is 1. The molecule has 6 nitrogen and oxygen atoms in total. The van der Waals surface area contributed by atoms with Crippen molar-refractivity contribution >= 4 is 17.3 Å². The molecule has 136 valence electrons. The molecular formula is C19H28N5O-. The van der Waals surface area contributed by atoms with Crippen LogP contribution >= 0.6 is 0 Å². The minimum atomic E-state index is 0.553. The number of benzene rings is 1. The highest BCUT2D eigenvalue weighted by Crippen LogP contribution is 2.34. The predicted octanol–water partition coefficient (Wildman–Crippen LogP) is 3.03. The highest BCUT2D eigenvalue weighted by atomic mass is 16.5. The standard InChI is InChI=1S/C19H28N5O/c1-13-5-3-6-14(2)23(13)10-9-20-19-21-17-11-15-7-4-8-16(15)12-18(17)24(25)22-19/h11-14H,3-10H2,1-2H3,(H2,20,21,22)/q-1. The Bertz CT molecular complexity index is 664. The van der Waals surface area contributed by atoms with Gasteiger partial charge in [-0.05, 0) is 69.2 Å². The fourth-order valence-electron chi connectivity index (χ4n) is 4.46. The molecule has 2 aliphatic heterocycles. The van der Waals surface area contributed by atoms with E-state index in [-0.39, 0.29) is 0 Å². The van der Waals surface area contributed by atoms with E-state index in [4.69, 9.17) is 0 Å². The Morgan fingerprint density at radius 3 is 2.60 bits per heavy atom. The second kappa shape index (κ2) is 6.84. The van der Waals surface area contributed by atoms with Gasteiger partial charge in [0.15, 0.2) is 0 Å². The third kappa shape index (κ3) is 3.33. The second-order valence-corrected chi connectivity index (χ2v) is 7.62. The first-order valence-corrected chi connectivity index (χ1v) is 9.59. The summed E-state index contributed by atoms with van der Waals surface area (Å²) in [6.45, 7) is 6.23. The molecule has 3 aliphatic rings. The summed E-state index contributed by atoms with van der Waals surface area (Å²) in [7, 11) is 0. The van der Waals surface area contributed by atoms with Crippen LogP contribution in [0.5, 0.6) is 0 Å². The van der Waals surface area contributed by atoms with E-state index < -0.39 is 0 Å². The maximum Gasteiger partial charge on any atom is 0.214 e. The summed E-state index contributed by atoms with van der Waals surface area (Å²) < 4.78 is 0. The Hall–Kier alpha value is -1.79. The average Bonchev–Trinajstić information content (AvgIpc) is 3.03. The van der Waals surface area contributed by atoms with E-state index in [1.54, 1.807) is 0 Å². The monoisotopic (exact) mass is 342 g/mol. The van der Waals surface area contributed by atoms with Crippen LogP contribution in [0.3, 0.4) is 0 Å². The van der Waals surface area contributed by atoms with Crippen molar-refractivity contribution in [3.8, 4) is 0 Å². The van der Waals surface area contributed by atoms with E-state index >= 15 is 0 Å².